The molecule has 1 heterocycles. The first-order chi connectivity index (χ1) is 12.1. The Labute approximate surface area is 154 Å². The number of aromatic nitrogens is 2. The second-order valence-electron chi connectivity index (χ2n) is 6.22. The molecule has 2 aromatic rings. The molecule has 2 rings (SSSR count). The maximum Gasteiger partial charge on any atom is 0.433 e. The zero-order chi connectivity index (χ0) is 19.5. The Morgan fingerprint density at radius 1 is 1.19 bits per heavy atom. The normalized spacial score (nSPS) is 13.0. The number of rotatable bonds is 6. The number of halogens is 4. The van der Waals surface area contributed by atoms with Gasteiger partial charge < -0.3 is 15.7 Å². The third kappa shape index (κ3) is 5.22. The lowest BCUT2D eigenvalue weighted by molar-refractivity contribution is -0.141. The average molecular weight is 389 g/mol. The van der Waals surface area contributed by atoms with Crippen molar-refractivity contribution in [1.29, 1.82) is 0 Å². The maximum absolute atomic E-state index is 13.2. The number of aliphatic hydroxyl groups is 1. The molecule has 5 nitrogen and oxygen atoms in total. The van der Waals surface area contributed by atoms with E-state index in [0.717, 1.165) is 11.6 Å². The molecule has 0 aliphatic carbocycles. The first-order valence-electron chi connectivity index (χ1n) is 7.97. The Morgan fingerprint density at radius 2 is 1.88 bits per heavy atom. The topological polar surface area (TPSA) is 70.1 Å². The summed E-state index contributed by atoms with van der Waals surface area (Å²) in [6, 6.07) is 5.39. The highest BCUT2D eigenvalue weighted by Crippen LogP contribution is 2.31. The van der Waals surface area contributed by atoms with Crippen molar-refractivity contribution in [3.63, 3.8) is 0 Å². The van der Waals surface area contributed by atoms with E-state index in [1.54, 1.807) is 25.1 Å². The summed E-state index contributed by atoms with van der Waals surface area (Å²) in [6.07, 6.45) is -4.63. The zero-order valence-corrected chi connectivity index (χ0v) is 15.3. The number of nitrogens with zero attached hydrogens (tertiary/aromatic N) is 2. The second-order valence-corrected chi connectivity index (χ2v) is 6.66. The summed E-state index contributed by atoms with van der Waals surface area (Å²) in [5.74, 6) is -0.264. The van der Waals surface area contributed by atoms with Crippen molar-refractivity contribution in [1.82, 2.24) is 9.97 Å². The van der Waals surface area contributed by atoms with E-state index >= 15 is 0 Å². The van der Waals surface area contributed by atoms with Gasteiger partial charge in [0.2, 0.25) is 5.95 Å². The molecule has 1 atom stereocenters. The van der Waals surface area contributed by atoms with E-state index in [1.165, 1.54) is 0 Å². The standard InChI is InChI=1S/C17H20ClF3N4O/c1-9(2)13(8-26)23-16-24-14(17(19,20)21)7-15(25-16)22-12-6-11(18)5-4-10(12)3/h4-7,9,13,26H,8H2,1-3H3,(H2,22,23,24,25)/t13-/m0/s1. The summed E-state index contributed by atoms with van der Waals surface area (Å²) < 4.78 is 39.6. The van der Waals surface area contributed by atoms with Crippen LogP contribution in [0.2, 0.25) is 5.02 Å². The minimum atomic E-state index is -4.63. The van der Waals surface area contributed by atoms with Gasteiger partial charge in [0, 0.05) is 16.8 Å². The number of anilines is 3. The van der Waals surface area contributed by atoms with Crippen LogP contribution in [0, 0.1) is 12.8 Å². The maximum atomic E-state index is 13.2. The smallest absolute Gasteiger partial charge is 0.394 e. The van der Waals surface area contributed by atoms with E-state index in [0.29, 0.717) is 10.7 Å². The predicted molar refractivity (Wildman–Crippen MR) is 95.8 cm³/mol. The SMILES string of the molecule is Cc1ccc(Cl)cc1Nc1cc(C(F)(F)F)nc(N[C@@H](CO)C(C)C)n1. The molecular formula is C17H20ClF3N4O. The van der Waals surface area contributed by atoms with Crippen LogP contribution in [-0.2, 0) is 6.18 Å². The highest BCUT2D eigenvalue weighted by molar-refractivity contribution is 6.30. The van der Waals surface area contributed by atoms with Crippen molar-refractivity contribution in [2.45, 2.75) is 33.0 Å². The Kier molecular flexibility index (Phi) is 6.30. The average Bonchev–Trinajstić information content (AvgIpc) is 2.54. The molecule has 9 heteroatoms. The fourth-order valence-electron chi connectivity index (χ4n) is 2.18. The van der Waals surface area contributed by atoms with Crippen molar-refractivity contribution < 1.29 is 18.3 Å². The van der Waals surface area contributed by atoms with Crippen molar-refractivity contribution in [2.24, 2.45) is 5.92 Å². The van der Waals surface area contributed by atoms with E-state index in [4.69, 9.17) is 11.6 Å². The molecule has 0 amide bonds. The highest BCUT2D eigenvalue weighted by Gasteiger charge is 2.34. The third-order valence-corrected chi connectivity index (χ3v) is 4.03. The summed E-state index contributed by atoms with van der Waals surface area (Å²) in [5.41, 5.74) is 0.252. The van der Waals surface area contributed by atoms with Crippen LogP contribution >= 0.6 is 11.6 Å². The van der Waals surface area contributed by atoms with E-state index in [2.05, 4.69) is 20.6 Å². The molecule has 0 spiro atoms. The van der Waals surface area contributed by atoms with Crippen LogP contribution in [0.25, 0.3) is 0 Å². The van der Waals surface area contributed by atoms with E-state index in [9.17, 15) is 18.3 Å². The van der Waals surface area contributed by atoms with Crippen LogP contribution in [0.1, 0.15) is 25.1 Å². The van der Waals surface area contributed by atoms with Gasteiger partial charge in [-0.3, -0.25) is 0 Å². The molecule has 0 saturated carbocycles. The number of nitrogens with one attached hydrogen (secondary N) is 2. The quantitative estimate of drug-likeness (QED) is 0.673. The molecule has 0 saturated heterocycles. The Morgan fingerprint density at radius 3 is 2.46 bits per heavy atom. The van der Waals surface area contributed by atoms with Gasteiger partial charge in [0.25, 0.3) is 0 Å². The number of hydrogen-bond acceptors (Lipinski definition) is 5. The van der Waals surface area contributed by atoms with Gasteiger partial charge in [-0.25, -0.2) is 4.98 Å². The molecule has 0 bridgehead atoms. The lowest BCUT2D eigenvalue weighted by Crippen LogP contribution is -2.30. The van der Waals surface area contributed by atoms with Crippen molar-refractivity contribution in [2.75, 3.05) is 17.2 Å². The molecule has 0 unspecified atom stereocenters. The highest BCUT2D eigenvalue weighted by atomic mass is 35.5. The summed E-state index contributed by atoms with van der Waals surface area (Å²) in [5, 5.41) is 15.4. The summed E-state index contributed by atoms with van der Waals surface area (Å²) in [6.45, 7) is 5.20. The van der Waals surface area contributed by atoms with Crippen LogP contribution in [-0.4, -0.2) is 27.7 Å². The summed E-state index contributed by atoms with van der Waals surface area (Å²) in [7, 11) is 0. The molecule has 142 valence electrons. The molecular weight excluding hydrogens is 369 g/mol. The summed E-state index contributed by atoms with van der Waals surface area (Å²) >= 11 is 5.95. The van der Waals surface area contributed by atoms with E-state index in [-0.39, 0.29) is 24.3 Å². The second kappa shape index (κ2) is 8.09. The Bertz CT molecular complexity index is 768. The van der Waals surface area contributed by atoms with Gasteiger partial charge in [-0.05, 0) is 30.5 Å². The fourth-order valence-corrected chi connectivity index (χ4v) is 2.35. The molecule has 0 aliphatic heterocycles. The number of hydrogen-bond donors (Lipinski definition) is 3. The first-order valence-corrected chi connectivity index (χ1v) is 8.34. The molecule has 1 aromatic heterocycles. The van der Waals surface area contributed by atoms with Gasteiger partial charge in [-0.2, -0.15) is 18.2 Å². The van der Waals surface area contributed by atoms with Crippen LogP contribution in [0.5, 0.6) is 0 Å². The minimum Gasteiger partial charge on any atom is -0.394 e. The molecule has 0 radical (unpaired) electrons. The Balaban J connectivity index is 2.41. The van der Waals surface area contributed by atoms with Crippen LogP contribution < -0.4 is 10.6 Å². The first kappa shape index (κ1) is 20.3. The van der Waals surface area contributed by atoms with Gasteiger partial charge in [-0.15, -0.1) is 0 Å². The van der Waals surface area contributed by atoms with Crippen LogP contribution in [0.15, 0.2) is 24.3 Å². The molecule has 26 heavy (non-hydrogen) atoms. The van der Waals surface area contributed by atoms with Gasteiger partial charge in [0.1, 0.15) is 5.82 Å². The molecule has 1 aromatic carbocycles. The van der Waals surface area contributed by atoms with Gasteiger partial charge in [0.05, 0.1) is 12.6 Å². The predicted octanol–water partition coefficient (Wildman–Crippen LogP) is 4.63. The minimum absolute atomic E-state index is 0.0234. The zero-order valence-electron chi connectivity index (χ0n) is 14.5. The van der Waals surface area contributed by atoms with E-state index < -0.39 is 17.9 Å². The fraction of sp³-hybridized carbons (Fsp3) is 0.412. The van der Waals surface area contributed by atoms with Gasteiger partial charge in [0.15, 0.2) is 5.69 Å². The van der Waals surface area contributed by atoms with Crippen molar-refractivity contribution in [3.8, 4) is 0 Å². The number of aryl methyl sites for hydroxylation is 1. The van der Waals surface area contributed by atoms with Crippen molar-refractivity contribution in [3.05, 3.63) is 40.5 Å². The molecule has 0 aliphatic rings. The van der Waals surface area contributed by atoms with Crippen molar-refractivity contribution >= 4 is 29.1 Å². The van der Waals surface area contributed by atoms with Crippen LogP contribution in [0.4, 0.5) is 30.6 Å². The van der Waals surface area contributed by atoms with Crippen LogP contribution in [0.3, 0.4) is 0 Å². The summed E-state index contributed by atoms with van der Waals surface area (Å²) in [4.78, 5) is 7.63. The number of alkyl halides is 3. The Hall–Kier alpha value is -2.06. The largest absolute Gasteiger partial charge is 0.433 e. The lowest BCUT2D eigenvalue weighted by atomic mass is 10.1. The monoisotopic (exact) mass is 388 g/mol. The van der Waals surface area contributed by atoms with Gasteiger partial charge >= 0.3 is 6.18 Å². The number of benzene rings is 1. The van der Waals surface area contributed by atoms with Gasteiger partial charge in [-0.1, -0.05) is 31.5 Å². The third-order valence-electron chi connectivity index (χ3n) is 3.79. The lowest BCUT2D eigenvalue weighted by Gasteiger charge is -2.21. The molecule has 3 N–H and O–H groups in total. The molecule has 0 fully saturated rings. The number of aliphatic hydroxyl groups excluding tert-OH is 1. The van der Waals surface area contributed by atoms with E-state index in [1.807, 2.05) is 13.8 Å².